The van der Waals surface area contributed by atoms with Gasteiger partial charge in [-0.1, -0.05) is 77.9 Å². The van der Waals surface area contributed by atoms with Gasteiger partial charge < -0.3 is 4.42 Å². The van der Waals surface area contributed by atoms with Crippen LogP contribution in [0.15, 0.2) is 95.5 Å². The molecular formula is C45H39F3N4O. The van der Waals surface area contributed by atoms with Gasteiger partial charge in [0.2, 0.25) is 0 Å². The van der Waals surface area contributed by atoms with Crippen molar-refractivity contribution >= 4 is 43.5 Å². The lowest BCUT2D eigenvalue weighted by atomic mass is 9.91. The molecule has 0 radical (unpaired) electrons. The Morgan fingerprint density at radius 2 is 1.15 bits per heavy atom. The Morgan fingerprint density at radius 1 is 0.585 bits per heavy atom. The Balaban J connectivity index is 1.33. The normalized spacial score (nSPS) is 15.0. The molecule has 8 aromatic rings. The lowest BCUT2D eigenvalue weighted by Gasteiger charge is -2.23. The molecule has 0 aliphatic heterocycles. The lowest BCUT2D eigenvalue weighted by Crippen LogP contribution is -2.24. The summed E-state index contributed by atoms with van der Waals surface area (Å²) in [5, 5.41) is 3.22. The molecule has 8 rings (SSSR count). The van der Waals surface area contributed by atoms with Crippen molar-refractivity contribution in [1.29, 1.82) is 0 Å². The minimum Gasteiger partial charge on any atom is -0.455 e. The molecule has 3 heterocycles. The standard InChI is InChI=1S/C45H39F3N4O/c1-24-21-27(40-50-41(43(3,4)5)52-42(51-40)44(6,7)8)22-25(2)37(24)26-19-20-49-36(23-26)34-13-9-12-31-33-17-15-29-28-11-10-14-35(45(46,47)48)30(28)16-18-32(29)38(33)53-39(31)34/h9-23H,1-8H3/i1D3,2D3. The third-order valence-corrected chi connectivity index (χ3v) is 9.52. The zero-order valence-electron chi connectivity index (χ0n) is 36.0. The van der Waals surface area contributed by atoms with E-state index in [1.807, 2.05) is 59.7 Å². The second-order valence-electron chi connectivity index (χ2n) is 15.5. The molecule has 266 valence electrons. The average molecular weight is 715 g/mol. The van der Waals surface area contributed by atoms with Gasteiger partial charge in [-0.05, 0) is 101 Å². The molecule has 5 aromatic carbocycles. The van der Waals surface area contributed by atoms with E-state index in [4.69, 9.17) is 27.6 Å². The van der Waals surface area contributed by atoms with Crippen LogP contribution in [0.5, 0.6) is 0 Å². The van der Waals surface area contributed by atoms with Crippen molar-refractivity contribution in [1.82, 2.24) is 19.9 Å². The number of hydrogen-bond acceptors (Lipinski definition) is 5. The first kappa shape index (κ1) is 27.9. The molecule has 5 nitrogen and oxygen atoms in total. The summed E-state index contributed by atoms with van der Waals surface area (Å²) in [5.74, 6) is 1.14. The first-order chi connectivity index (χ1) is 27.4. The fourth-order valence-corrected chi connectivity index (χ4v) is 6.87. The monoisotopic (exact) mass is 714 g/mol. The Labute approximate surface area is 314 Å². The van der Waals surface area contributed by atoms with Gasteiger partial charge >= 0.3 is 6.18 Å². The van der Waals surface area contributed by atoms with E-state index < -0.39 is 36.3 Å². The maximum atomic E-state index is 13.9. The first-order valence-electron chi connectivity index (χ1n) is 20.2. The molecule has 0 aliphatic carbocycles. The van der Waals surface area contributed by atoms with E-state index in [1.54, 1.807) is 36.4 Å². The molecule has 8 heteroatoms. The minimum absolute atomic E-state index is 0.0198. The Morgan fingerprint density at radius 3 is 1.79 bits per heavy atom. The topological polar surface area (TPSA) is 64.7 Å². The van der Waals surface area contributed by atoms with Crippen molar-refractivity contribution in [2.45, 2.75) is 72.3 Å². The number of alkyl halides is 3. The molecule has 0 saturated carbocycles. The largest absolute Gasteiger partial charge is 0.455 e. The van der Waals surface area contributed by atoms with Crippen molar-refractivity contribution in [2.75, 3.05) is 0 Å². The van der Waals surface area contributed by atoms with Gasteiger partial charge in [-0.25, -0.2) is 15.0 Å². The summed E-state index contributed by atoms with van der Waals surface area (Å²) in [7, 11) is 0. The number of rotatable bonds is 3. The summed E-state index contributed by atoms with van der Waals surface area (Å²) in [5.41, 5.74) is 0.344. The molecule has 3 aromatic heterocycles. The molecule has 0 bridgehead atoms. The zero-order valence-corrected chi connectivity index (χ0v) is 30.0. The highest BCUT2D eigenvalue weighted by molar-refractivity contribution is 6.22. The summed E-state index contributed by atoms with van der Waals surface area (Å²) in [6, 6.07) is 22.4. The van der Waals surface area contributed by atoms with Gasteiger partial charge in [0.1, 0.15) is 22.8 Å². The van der Waals surface area contributed by atoms with Crippen LogP contribution >= 0.6 is 0 Å². The van der Waals surface area contributed by atoms with E-state index >= 15 is 0 Å². The van der Waals surface area contributed by atoms with Gasteiger partial charge in [0.25, 0.3) is 0 Å². The van der Waals surface area contributed by atoms with Crippen molar-refractivity contribution in [2.24, 2.45) is 0 Å². The van der Waals surface area contributed by atoms with Crippen LogP contribution in [0.4, 0.5) is 13.2 Å². The average Bonchev–Trinajstić information content (AvgIpc) is 3.54. The van der Waals surface area contributed by atoms with Crippen molar-refractivity contribution in [3.05, 3.63) is 119 Å². The number of fused-ring (bicyclic) bond motifs is 7. The van der Waals surface area contributed by atoms with Crippen molar-refractivity contribution in [3.63, 3.8) is 0 Å². The Hall–Kier alpha value is -5.63. The van der Waals surface area contributed by atoms with E-state index in [-0.39, 0.29) is 33.5 Å². The van der Waals surface area contributed by atoms with E-state index in [0.717, 1.165) is 16.8 Å². The number of aryl methyl sites for hydroxylation is 2. The first-order valence-corrected chi connectivity index (χ1v) is 17.2. The molecule has 0 N–H and O–H groups in total. The molecule has 0 atom stereocenters. The molecule has 0 fully saturated rings. The van der Waals surface area contributed by atoms with E-state index in [2.05, 4.69) is 4.98 Å². The van der Waals surface area contributed by atoms with Gasteiger partial charge in [-0.15, -0.1) is 0 Å². The van der Waals surface area contributed by atoms with Gasteiger partial charge in [0.15, 0.2) is 5.82 Å². The second-order valence-corrected chi connectivity index (χ2v) is 15.5. The van der Waals surface area contributed by atoms with E-state index in [9.17, 15) is 13.2 Å². The fraction of sp³-hybridized carbons (Fsp3) is 0.244. The predicted octanol–water partition coefficient (Wildman–Crippen LogP) is 12.7. The molecule has 0 aliphatic rings. The van der Waals surface area contributed by atoms with Crippen LogP contribution in [0.2, 0.25) is 0 Å². The Bertz CT molecular complexity index is 2930. The second kappa shape index (κ2) is 12.0. The predicted molar refractivity (Wildman–Crippen MR) is 208 cm³/mol. The zero-order chi connectivity index (χ0) is 42.6. The van der Waals surface area contributed by atoms with Crippen LogP contribution < -0.4 is 0 Å². The van der Waals surface area contributed by atoms with Crippen LogP contribution in [0.1, 0.15) is 78.1 Å². The third-order valence-electron chi connectivity index (χ3n) is 9.52. The number of furan rings is 1. The van der Waals surface area contributed by atoms with Gasteiger partial charge in [-0.2, -0.15) is 13.2 Å². The fourth-order valence-electron chi connectivity index (χ4n) is 6.87. The van der Waals surface area contributed by atoms with Crippen LogP contribution in [-0.4, -0.2) is 19.9 Å². The maximum absolute atomic E-state index is 13.9. The smallest absolute Gasteiger partial charge is 0.417 e. The molecule has 0 saturated heterocycles. The highest BCUT2D eigenvalue weighted by Gasteiger charge is 2.32. The maximum Gasteiger partial charge on any atom is 0.417 e. The molecule has 0 amide bonds. The highest BCUT2D eigenvalue weighted by Crippen LogP contribution is 2.43. The van der Waals surface area contributed by atoms with Crippen LogP contribution in [0.25, 0.3) is 77.3 Å². The number of aromatic nitrogens is 4. The lowest BCUT2D eigenvalue weighted by molar-refractivity contribution is -0.136. The SMILES string of the molecule is [2H]C([2H])([2H])c1cc(-c2nc(C(C)(C)C)nc(C(C)(C)C)n2)cc(C([2H])([2H])[2H])c1-c1ccnc(-c2cccc3c2oc2c3ccc3c4cccc(C(F)(F)F)c4ccc32)c1. The number of benzene rings is 5. The molecule has 0 spiro atoms. The van der Waals surface area contributed by atoms with Gasteiger partial charge in [0.05, 0.1) is 11.3 Å². The number of hydrogen-bond donors (Lipinski definition) is 0. The van der Waals surface area contributed by atoms with Crippen LogP contribution in [0, 0.1) is 13.7 Å². The summed E-state index contributed by atoms with van der Waals surface area (Å²) in [6.45, 7) is 6.21. The van der Waals surface area contributed by atoms with Crippen molar-refractivity contribution < 1.29 is 25.8 Å². The number of nitrogens with zero attached hydrogens (tertiary/aromatic N) is 4. The molecular weight excluding hydrogens is 670 g/mol. The highest BCUT2D eigenvalue weighted by atomic mass is 19.4. The number of pyridine rings is 1. The minimum atomic E-state index is -4.52. The van der Waals surface area contributed by atoms with Gasteiger partial charge in [-0.3, -0.25) is 4.98 Å². The van der Waals surface area contributed by atoms with Crippen LogP contribution in [0.3, 0.4) is 0 Å². The molecule has 0 unspecified atom stereocenters. The van der Waals surface area contributed by atoms with Crippen molar-refractivity contribution in [3.8, 4) is 33.8 Å². The third kappa shape index (κ3) is 5.90. The Kier molecular flexibility index (Phi) is 6.30. The van der Waals surface area contributed by atoms with E-state index in [0.29, 0.717) is 55.8 Å². The van der Waals surface area contributed by atoms with Gasteiger partial charge in [0, 0.05) is 52.5 Å². The summed E-state index contributed by atoms with van der Waals surface area (Å²) < 4.78 is 100. The summed E-state index contributed by atoms with van der Waals surface area (Å²) in [4.78, 5) is 18.8. The number of halogens is 3. The molecule has 53 heavy (non-hydrogen) atoms. The van der Waals surface area contributed by atoms with Crippen LogP contribution in [-0.2, 0) is 17.0 Å². The van der Waals surface area contributed by atoms with E-state index in [1.165, 1.54) is 30.5 Å². The summed E-state index contributed by atoms with van der Waals surface area (Å²) in [6.07, 6.45) is -3.03. The summed E-state index contributed by atoms with van der Waals surface area (Å²) >= 11 is 0. The number of para-hydroxylation sites is 1. The quantitative estimate of drug-likeness (QED) is 0.170.